The molecule has 18 heavy (non-hydrogen) atoms. The van der Waals surface area contributed by atoms with Gasteiger partial charge in [-0.05, 0) is 18.2 Å². The third-order valence-electron chi connectivity index (χ3n) is 2.46. The van der Waals surface area contributed by atoms with E-state index in [0.717, 1.165) is 21.3 Å². The highest BCUT2D eigenvalue weighted by atomic mass is 35.5. The Morgan fingerprint density at radius 2 is 2.22 bits per heavy atom. The van der Waals surface area contributed by atoms with Gasteiger partial charge in [0.15, 0.2) is 0 Å². The maximum atomic E-state index is 5.89. The summed E-state index contributed by atoms with van der Waals surface area (Å²) < 4.78 is 5.73. The summed E-state index contributed by atoms with van der Waals surface area (Å²) in [4.78, 5) is 1.14. The zero-order valence-corrected chi connectivity index (χ0v) is 11.3. The molecule has 1 unspecified atom stereocenters. The van der Waals surface area contributed by atoms with Crippen LogP contribution in [-0.2, 0) is 6.42 Å². The second-order valence-corrected chi connectivity index (χ2v) is 5.43. The van der Waals surface area contributed by atoms with E-state index in [-0.39, 0.29) is 6.04 Å². The monoisotopic (exact) mass is 284 g/mol. The van der Waals surface area contributed by atoms with Crippen molar-refractivity contribution in [1.29, 1.82) is 0 Å². The summed E-state index contributed by atoms with van der Waals surface area (Å²) in [6.07, 6.45) is 0.717. The van der Waals surface area contributed by atoms with Crippen LogP contribution in [0.2, 0.25) is 4.34 Å². The van der Waals surface area contributed by atoms with Crippen molar-refractivity contribution in [3.05, 3.63) is 39.2 Å². The highest BCUT2D eigenvalue weighted by Gasteiger charge is 2.14. The number of hydrogen-bond donors (Lipinski definition) is 2. The minimum absolute atomic E-state index is 0.0990. The molecule has 96 valence electrons. The second-order valence-electron chi connectivity index (χ2n) is 3.63. The van der Waals surface area contributed by atoms with Gasteiger partial charge in [-0.2, -0.15) is 5.10 Å². The van der Waals surface area contributed by atoms with E-state index in [1.54, 1.807) is 13.2 Å². The molecule has 0 amide bonds. The van der Waals surface area contributed by atoms with Crippen molar-refractivity contribution in [3.8, 4) is 5.88 Å². The Morgan fingerprint density at radius 3 is 2.72 bits per heavy atom. The first-order valence-corrected chi connectivity index (χ1v) is 6.50. The largest absolute Gasteiger partial charge is 0.480 e. The highest BCUT2D eigenvalue weighted by molar-refractivity contribution is 7.16. The van der Waals surface area contributed by atoms with E-state index in [2.05, 4.69) is 15.6 Å². The zero-order valence-electron chi connectivity index (χ0n) is 9.76. The van der Waals surface area contributed by atoms with Crippen molar-refractivity contribution in [2.24, 2.45) is 5.84 Å². The fourth-order valence-corrected chi connectivity index (χ4v) is 2.67. The van der Waals surface area contributed by atoms with Crippen molar-refractivity contribution in [3.63, 3.8) is 0 Å². The van der Waals surface area contributed by atoms with Crippen LogP contribution in [0.15, 0.2) is 24.3 Å². The average Bonchev–Trinajstić information content (AvgIpc) is 2.82. The van der Waals surface area contributed by atoms with Crippen LogP contribution < -0.4 is 16.0 Å². The minimum Gasteiger partial charge on any atom is -0.480 e. The van der Waals surface area contributed by atoms with Crippen molar-refractivity contribution < 1.29 is 4.74 Å². The molecule has 3 N–H and O–H groups in total. The fourth-order valence-electron chi connectivity index (χ4n) is 1.54. The molecule has 2 aromatic heterocycles. The molecule has 2 heterocycles. The number of halogens is 1. The fraction of sp³-hybridized carbons (Fsp3) is 0.273. The molecular formula is C11H13ClN4OS. The number of hydrazine groups is 1. The molecule has 1 atom stereocenters. The molecule has 2 rings (SSSR count). The molecule has 0 saturated carbocycles. The molecule has 0 radical (unpaired) electrons. The lowest BCUT2D eigenvalue weighted by Gasteiger charge is -2.13. The average molecular weight is 285 g/mol. The molecule has 0 aliphatic heterocycles. The molecular weight excluding hydrogens is 272 g/mol. The van der Waals surface area contributed by atoms with Gasteiger partial charge in [0.1, 0.15) is 0 Å². The Kier molecular flexibility index (Phi) is 4.48. The van der Waals surface area contributed by atoms with Gasteiger partial charge in [-0.3, -0.25) is 11.3 Å². The molecule has 0 aliphatic rings. The van der Waals surface area contributed by atoms with Crippen LogP contribution in [-0.4, -0.2) is 17.3 Å². The number of aromatic nitrogens is 2. The van der Waals surface area contributed by atoms with E-state index in [0.29, 0.717) is 5.88 Å². The van der Waals surface area contributed by atoms with Gasteiger partial charge in [0.05, 0.1) is 23.2 Å². The number of methoxy groups -OCH3 is 1. The topological polar surface area (TPSA) is 73.1 Å². The first kappa shape index (κ1) is 13.2. The smallest absolute Gasteiger partial charge is 0.233 e. The van der Waals surface area contributed by atoms with Gasteiger partial charge in [0.2, 0.25) is 5.88 Å². The quantitative estimate of drug-likeness (QED) is 0.648. The number of hydrogen-bond acceptors (Lipinski definition) is 6. The Hall–Kier alpha value is -1.21. The van der Waals surface area contributed by atoms with Crippen LogP contribution in [0.4, 0.5) is 0 Å². The maximum absolute atomic E-state index is 5.89. The molecule has 7 heteroatoms. The van der Waals surface area contributed by atoms with Crippen molar-refractivity contribution in [2.45, 2.75) is 12.5 Å². The summed E-state index contributed by atoms with van der Waals surface area (Å²) in [5.41, 5.74) is 3.50. The van der Waals surface area contributed by atoms with Crippen LogP contribution in [0.25, 0.3) is 0 Å². The standard InChI is InChI=1S/C11H13ClN4OS/c1-17-11-5-3-8(15-16-11)9(14-13)6-7-2-4-10(12)18-7/h2-5,9,14H,6,13H2,1H3. The molecule has 0 fully saturated rings. The Bertz CT molecular complexity index is 502. The number of nitrogens with two attached hydrogens (primary N) is 1. The van der Waals surface area contributed by atoms with Gasteiger partial charge in [-0.1, -0.05) is 11.6 Å². The summed E-state index contributed by atoms with van der Waals surface area (Å²) >= 11 is 7.43. The SMILES string of the molecule is COc1ccc(C(Cc2ccc(Cl)s2)NN)nn1. The number of ether oxygens (including phenoxy) is 1. The lowest BCUT2D eigenvalue weighted by molar-refractivity contribution is 0.389. The van der Waals surface area contributed by atoms with Gasteiger partial charge < -0.3 is 4.74 Å². The van der Waals surface area contributed by atoms with E-state index in [1.807, 2.05) is 18.2 Å². The lowest BCUT2D eigenvalue weighted by atomic mass is 10.1. The van der Waals surface area contributed by atoms with Crippen LogP contribution in [0.3, 0.4) is 0 Å². The maximum Gasteiger partial charge on any atom is 0.233 e. The number of nitrogens with one attached hydrogen (secondary N) is 1. The molecule has 5 nitrogen and oxygen atoms in total. The van der Waals surface area contributed by atoms with Crippen LogP contribution in [0.1, 0.15) is 16.6 Å². The van der Waals surface area contributed by atoms with Crippen molar-refractivity contribution in [2.75, 3.05) is 7.11 Å². The van der Waals surface area contributed by atoms with Gasteiger partial charge in [-0.25, -0.2) is 0 Å². The van der Waals surface area contributed by atoms with Gasteiger partial charge in [0.25, 0.3) is 0 Å². The van der Waals surface area contributed by atoms with Crippen LogP contribution in [0, 0.1) is 0 Å². The summed E-state index contributed by atoms with van der Waals surface area (Å²) in [5, 5.41) is 8.00. The van der Waals surface area contributed by atoms with Gasteiger partial charge in [-0.15, -0.1) is 16.4 Å². The van der Waals surface area contributed by atoms with E-state index in [9.17, 15) is 0 Å². The Morgan fingerprint density at radius 1 is 1.39 bits per heavy atom. The Balaban J connectivity index is 2.12. The van der Waals surface area contributed by atoms with Crippen LogP contribution in [0.5, 0.6) is 5.88 Å². The summed E-state index contributed by atoms with van der Waals surface area (Å²) in [6.45, 7) is 0. The van der Waals surface area contributed by atoms with Gasteiger partial charge >= 0.3 is 0 Å². The molecule has 0 aliphatic carbocycles. The molecule has 0 spiro atoms. The van der Waals surface area contributed by atoms with E-state index in [1.165, 1.54) is 11.3 Å². The first-order chi connectivity index (χ1) is 8.72. The third-order valence-corrected chi connectivity index (χ3v) is 3.72. The molecule has 2 aromatic rings. The summed E-state index contributed by atoms with van der Waals surface area (Å²) in [5.74, 6) is 6.03. The molecule has 0 bridgehead atoms. The Labute approximate surface area is 114 Å². The summed E-state index contributed by atoms with van der Waals surface area (Å²) in [6, 6.07) is 7.35. The highest BCUT2D eigenvalue weighted by Crippen LogP contribution is 2.25. The number of thiophene rings is 1. The van der Waals surface area contributed by atoms with Crippen molar-refractivity contribution >= 4 is 22.9 Å². The first-order valence-electron chi connectivity index (χ1n) is 5.31. The third kappa shape index (κ3) is 3.17. The molecule has 0 saturated heterocycles. The predicted molar refractivity (Wildman–Crippen MR) is 71.7 cm³/mol. The second kappa shape index (κ2) is 6.10. The van der Waals surface area contributed by atoms with Crippen molar-refractivity contribution in [1.82, 2.24) is 15.6 Å². The minimum atomic E-state index is -0.0990. The van der Waals surface area contributed by atoms with E-state index < -0.39 is 0 Å². The van der Waals surface area contributed by atoms with E-state index >= 15 is 0 Å². The molecule has 0 aromatic carbocycles. The predicted octanol–water partition coefficient (Wildman–Crippen LogP) is 1.95. The lowest BCUT2D eigenvalue weighted by Crippen LogP contribution is -2.30. The van der Waals surface area contributed by atoms with Gasteiger partial charge in [0, 0.05) is 17.4 Å². The number of nitrogens with zero attached hydrogens (tertiary/aromatic N) is 2. The van der Waals surface area contributed by atoms with E-state index in [4.69, 9.17) is 22.2 Å². The normalized spacial score (nSPS) is 12.4. The number of rotatable bonds is 5. The zero-order chi connectivity index (χ0) is 13.0. The van der Waals surface area contributed by atoms with Crippen LogP contribution >= 0.6 is 22.9 Å². The summed E-state index contributed by atoms with van der Waals surface area (Å²) in [7, 11) is 1.55.